The van der Waals surface area contributed by atoms with Gasteiger partial charge in [-0.3, -0.25) is 0 Å². The second-order valence-electron chi connectivity index (χ2n) is 8.60. The Morgan fingerprint density at radius 1 is 1.14 bits per heavy atom. The van der Waals surface area contributed by atoms with Crippen LogP contribution in [0.25, 0.3) is 0 Å². The molecule has 0 unspecified atom stereocenters. The van der Waals surface area contributed by atoms with Crippen molar-refractivity contribution in [1.29, 1.82) is 0 Å². The van der Waals surface area contributed by atoms with Crippen molar-refractivity contribution in [2.45, 2.75) is 56.6 Å². The molecule has 4 nitrogen and oxygen atoms in total. The molecule has 1 N–H and O–H groups in total. The van der Waals surface area contributed by atoms with Gasteiger partial charge in [0.2, 0.25) is 0 Å². The van der Waals surface area contributed by atoms with Gasteiger partial charge in [0.15, 0.2) is 0 Å². The van der Waals surface area contributed by atoms with Gasteiger partial charge in [0.1, 0.15) is 12.4 Å². The van der Waals surface area contributed by atoms with Gasteiger partial charge in [0.05, 0.1) is 0 Å². The van der Waals surface area contributed by atoms with Gasteiger partial charge in [0.25, 0.3) is 0 Å². The Bertz CT molecular complexity index is 881. The number of piperidine rings is 1. The molecule has 1 saturated heterocycles. The van der Waals surface area contributed by atoms with E-state index in [1.165, 1.54) is 24.0 Å². The number of phenols is 1. The summed E-state index contributed by atoms with van der Waals surface area (Å²) in [5, 5.41) is 10.1. The van der Waals surface area contributed by atoms with Crippen LogP contribution < -0.4 is 0 Å². The Hall–Kier alpha value is -2.49. The van der Waals surface area contributed by atoms with Gasteiger partial charge in [-0.15, -0.1) is 0 Å². The number of carbonyl (C=O) groups is 1. The molecule has 146 valence electrons. The molecule has 3 aliphatic rings. The van der Waals surface area contributed by atoms with Crippen LogP contribution in [-0.4, -0.2) is 28.7 Å². The van der Waals surface area contributed by atoms with Crippen LogP contribution in [0.5, 0.6) is 5.75 Å². The number of phenolic OH excluding ortho intramolecular Hbond substituents is 1. The monoisotopic (exact) mass is 377 g/mol. The largest absolute Gasteiger partial charge is 0.508 e. The van der Waals surface area contributed by atoms with E-state index in [1.54, 1.807) is 6.07 Å². The predicted molar refractivity (Wildman–Crippen MR) is 107 cm³/mol. The number of hydrogen-bond acceptors (Lipinski definition) is 3. The van der Waals surface area contributed by atoms with E-state index >= 15 is 0 Å². The summed E-state index contributed by atoms with van der Waals surface area (Å²) in [6, 6.07) is 15.9. The highest BCUT2D eigenvalue weighted by Crippen LogP contribution is 2.56. The van der Waals surface area contributed by atoms with Crippen LogP contribution in [0.1, 0.15) is 48.8 Å². The topological polar surface area (TPSA) is 49.8 Å². The summed E-state index contributed by atoms with van der Waals surface area (Å²) in [7, 11) is 0. The summed E-state index contributed by atoms with van der Waals surface area (Å²) in [4.78, 5) is 15.0. The number of hydrogen-bond donors (Lipinski definition) is 1. The molecular weight excluding hydrogens is 350 g/mol. The smallest absolute Gasteiger partial charge is 0.410 e. The molecule has 2 bridgehead atoms. The number of nitrogens with zero attached hydrogens (tertiary/aromatic N) is 1. The number of rotatable bonds is 2. The number of ether oxygens (including phenoxy) is 1. The Kier molecular flexibility index (Phi) is 4.30. The molecule has 0 radical (unpaired) electrons. The SMILES string of the molecule is O=C(OCc1ccccc1)N1CC[C@@]23CCCC[C@H]2[C@H]1Cc1ccc(O)cc13. The van der Waals surface area contributed by atoms with Gasteiger partial charge < -0.3 is 14.7 Å². The molecule has 0 aromatic heterocycles. The first-order chi connectivity index (χ1) is 13.7. The first-order valence-electron chi connectivity index (χ1n) is 10.5. The molecule has 4 heteroatoms. The number of carbonyl (C=O) groups excluding carboxylic acids is 1. The van der Waals surface area contributed by atoms with Crippen molar-refractivity contribution in [3.05, 3.63) is 65.2 Å². The quantitative estimate of drug-likeness (QED) is 0.819. The summed E-state index contributed by atoms with van der Waals surface area (Å²) < 4.78 is 5.69. The third kappa shape index (κ3) is 2.78. The minimum atomic E-state index is -0.185. The van der Waals surface area contributed by atoms with Crippen LogP contribution in [0, 0.1) is 5.92 Å². The lowest BCUT2D eigenvalue weighted by atomic mass is 9.52. The first-order valence-corrected chi connectivity index (χ1v) is 10.5. The van der Waals surface area contributed by atoms with Crippen LogP contribution >= 0.6 is 0 Å². The van der Waals surface area contributed by atoms with Crippen molar-refractivity contribution in [2.24, 2.45) is 5.92 Å². The molecule has 28 heavy (non-hydrogen) atoms. The van der Waals surface area contributed by atoms with E-state index < -0.39 is 0 Å². The van der Waals surface area contributed by atoms with Crippen LogP contribution in [0.4, 0.5) is 4.79 Å². The lowest BCUT2D eigenvalue weighted by Crippen LogP contribution is -2.62. The van der Waals surface area contributed by atoms with Crippen molar-refractivity contribution in [3.63, 3.8) is 0 Å². The van der Waals surface area contributed by atoms with E-state index in [1.807, 2.05) is 41.3 Å². The lowest BCUT2D eigenvalue weighted by Gasteiger charge is -2.58. The molecule has 1 heterocycles. The predicted octanol–water partition coefficient (Wildman–Crippen LogP) is 4.79. The molecule has 2 aromatic carbocycles. The third-order valence-corrected chi connectivity index (χ3v) is 7.26. The van der Waals surface area contributed by atoms with Crippen LogP contribution in [-0.2, 0) is 23.2 Å². The molecule has 0 spiro atoms. The first kappa shape index (κ1) is 17.6. The number of benzene rings is 2. The minimum absolute atomic E-state index is 0.117. The third-order valence-electron chi connectivity index (χ3n) is 7.26. The Labute approximate surface area is 166 Å². The summed E-state index contributed by atoms with van der Waals surface area (Å²) in [5.41, 5.74) is 3.77. The molecule has 1 amide bonds. The second-order valence-corrected chi connectivity index (χ2v) is 8.60. The lowest BCUT2D eigenvalue weighted by molar-refractivity contribution is -0.0137. The fourth-order valence-electron chi connectivity index (χ4n) is 6.02. The summed E-state index contributed by atoms with van der Waals surface area (Å²) >= 11 is 0. The zero-order valence-electron chi connectivity index (χ0n) is 16.1. The Balaban J connectivity index is 1.42. The van der Waals surface area contributed by atoms with Crippen molar-refractivity contribution in [2.75, 3.05) is 6.54 Å². The zero-order chi connectivity index (χ0) is 19.1. The highest BCUT2D eigenvalue weighted by Gasteiger charge is 2.55. The molecule has 2 fully saturated rings. The highest BCUT2D eigenvalue weighted by molar-refractivity contribution is 5.69. The van der Waals surface area contributed by atoms with Crippen molar-refractivity contribution < 1.29 is 14.6 Å². The van der Waals surface area contributed by atoms with Crippen LogP contribution in [0.15, 0.2) is 48.5 Å². The van der Waals surface area contributed by atoms with Crippen molar-refractivity contribution >= 4 is 6.09 Å². The fourth-order valence-corrected chi connectivity index (χ4v) is 6.02. The summed E-state index contributed by atoms with van der Waals surface area (Å²) in [6.45, 7) is 1.06. The second kappa shape index (κ2) is 6.84. The molecule has 2 aliphatic carbocycles. The summed E-state index contributed by atoms with van der Waals surface area (Å²) in [5.74, 6) is 0.828. The van der Waals surface area contributed by atoms with E-state index in [2.05, 4.69) is 6.07 Å². The molecule has 1 aliphatic heterocycles. The normalized spacial score (nSPS) is 28.2. The minimum Gasteiger partial charge on any atom is -0.508 e. The van der Waals surface area contributed by atoms with E-state index in [9.17, 15) is 9.90 Å². The van der Waals surface area contributed by atoms with Crippen LogP contribution in [0.3, 0.4) is 0 Å². The van der Waals surface area contributed by atoms with Gasteiger partial charge in [0, 0.05) is 18.0 Å². The molecule has 2 aromatic rings. The van der Waals surface area contributed by atoms with Crippen LogP contribution in [0.2, 0.25) is 0 Å². The van der Waals surface area contributed by atoms with E-state index in [4.69, 9.17) is 4.74 Å². The number of amides is 1. The van der Waals surface area contributed by atoms with Crippen molar-refractivity contribution in [3.8, 4) is 5.75 Å². The fraction of sp³-hybridized carbons (Fsp3) is 0.458. The Morgan fingerprint density at radius 3 is 2.86 bits per heavy atom. The number of fused-ring (bicyclic) bond motifs is 1. The average molecular weight is 377 g/mol. The maximum absolute atomic E-state index is 13.0. The van der Waals surface area contributed by atoms with E-state index in [0.717, 1.165) is 37.8 Å². The standard InChI is InChI=1S/C24H27NO3/c26-19-10-9-18-14-22-20-8-4-5-11-24(20,21(18)15-19)12-13-25(22)23(27)28-16-17-6-2-1-3-7-17/h1-3,6-7,9-10,15,20,22,26H,4-5,8,11-14,16H2/t20-,22+,24-/m0/s1. The summed E-state index contributed by atoms with van der Waals surface area (Å²) in [6.07, 6.45) is 6.42. The van der Waals surface area contributed by atoms with Gasteiger partial charge in [-0.25, -0.2) is 4.79 Å². The maximum atomic E-state index is 13.0. The van der Waals surface area contributed by atoms with E-state index in [0.29, 0.717) is 18.3 Å². The van der Waals surface area contributed by atoms with Gasteiger partial charge in [-0.05, 0) is 60.4 Å². The number of likely N-dealkylation sites (tertiary alicyclic amines) is 1. The molecular formula is C24H27NO3. The maximum Gasteiger partial charge on any atom is 0.410 e. The van der Waals surface area contributed by atoms with Gasteiger partial charge >= 0.3 is 6.09 Å². The number of aromatic hydroxyl groups is 1. The van der Waals surface area contributed by atoms with Gasteiger partial charge in [-0.1, -0.05) is 49.2 Å². The molecule has 5 rings (SSSR count). The van der Waals surface area contributed by atoms with E-state index in [-0.39, 0.29) is 17.6 Å². The average Bonchev–Trinajstić information content (AvgIpc) is 2.73. The molecule has 3 atom stereocenters. The van der Waals surface area contributed by atoms with Crippen molar-refractivity contribution in [1.82, 2.24) is 4.90 Å². The highest BCUT2D eigenvalue weighted by atomic mass is 16.6. The molecule has 1 saturated carbocycles. The zero-order valence-corrected chi connectivity index (χ0v) is 16.1. The Morgan fingerprint density at radius 2 is 2.00 bits per heavy atom. The van der Waals surface area contributed by atoms with Gasteiger partial charge in [-0.2, -0.15) is 0 Å².